The highest BCUT2D eigenvalue weighted by molar-refractivity contribution is 5.95. The quantitative estimate of drug-likeness (QED) is 0.600. The summed E-state index contributed by atoms with van der Waals surface area (Å²) < 4.78 is 17.3. The Hall–Kier alpha value is -2.44. The van der Waals surface area contributed by atoms with Crippen molar-refractivity contribution in [1.82, 2.24) is 9.80 Å². The molecule has 7 nitrogen and oxygen atoms in total. The number of nitrogens with zero attached hydrogens (tertiary/aromatic N) is 2. The minimum atomic E-state index is -0.0677. The minimum Gasteiger partial charge on any atom is -0.490 e. The smallest absolute Gasteiger partial charge is 0.254 e. The van der Waals surface area contributed by atoms with E-state index in [4.69, 9.17) is 14.2 Å². The highest BCUT2D eigenvalue weighted by Gasteiger charge is 2.29. The summed E-state index contributed by atoms with van der Waals surface area (Å²) in [6, 6.07) is 3.49. The summed E-state index contributed by atoms with van der Waals surface area (Å²) in [6.45, 7) is 9.59. The SMILES string of the molecule is CCOc1cc(C(=O)N2CCCN(C(=O)C3CCCCC3)CC2)cc(OCC)c1OCC. The van der Waals surface area contributed by atoms with Gasteiger partial charge in [-0.25, -0.2) is 0 Å². The lowest BCUT2D eigenvalue weighted by Crippen LogP contribution is -2.40. The van der Waals surface area contributed by atoms with Gasteiger partial charge >= 0.3 is 0 Å². The molecule has 7 heteroatoms. The molecule has 1 aliphatic heterocycles. The Morgan fingerprint density at radius 3 is 1.94 bits per heavy atom. The van der Waals surface area contributed by atoms with Crippen LogP contribution in [0.4, 0.5) is 0 Å². The van der Waals surface area contributed by atoms with E-state index >= 15 is 0 Å². The van der Waals surface area contributed by atoms with Crippen LogP contribution in [0.15, 0.2) is 12.1 Å². The zero-order valence-electron chi connectivity index (χ0n) is 19.9. The maximum absolute atomic E-state index is 13.4. The molecule has 0 aromatic heterocycles. The number of ether oxygens (including phenoxy) is 3. The van der Waals surface area contributed by atoms with Gasteiger partial charge in [0.05, 0.1) is 19.8 Å². The number of hydrogen-bond acceptors (Lipinski definition) is 5. The monoisotopic (exact) mass is 446 g/mol. The Labute approximate surface area is 192 Å². The van der Waals surface area contributed by atoms with Crippen molar-refractivity contribution in [3.8, 4) is 17.2 Å². The Balaban J connectivity index is 1.74. The lowest BCUT2D eigenvalue weighted by atomic mass is 9.88. The summed E-state index contributed by atoms with van der Waals surface area (Å²) in [5.41, 5.74) is 0.521. The molecule has 1 aliphatic carbocycles. The summed E-state index contributed by atoms with van der Waals surface area (Å²) in [6.07, 6.45) is 6.34. The van der Waals surface area contributed by atoms with E-state index in [-0.39, 0.29) is 17.7 Å². The van der Waals surface area contributed by atoms with Crippen molar-refractivity contribution >= 4 is 11.8 Å². The third-order valence-electron chi connectivity index (χ3n) is 6.21. The molecule has 0 unspecified atom stereocenters. The van der Waals surface area contributed by atoms with Crippen LogP contribution in [0.1, 0.15) is 69.7 Å². The molecule has 0 N–H and O–H groups in total. The van der Waals surface area contributed by atoms with Crippen molar-refractivity contribution in [3.05, 3.63) is 17.7 Å². The molecule has 0 atom stereocenters. The summed E-state index contributed by atoms with van der Waals surface area (Å²) >= 11 is 0. The van der Waals surface area contributed by atoms with Crippen LogP contribution in [-0.2, 0) is 4.79 Å². The van der Waals surface area contributed by atoms with Crippen LogP contribution < -0.4 is 14.2 Å². The molecule has 0 bridgehead atoms. The molecule has 1 saturated carbocycles. The second-order valence-corrected chi connectivity index (χ2v) is 8.41. The molecule has 178 valence electrons. The Morgan fingerprint density at radius 1 is 0.781 bits per heavy atom. The van der Waals surface area contributed by atoms with Gasteiger partial charge in [0.25, 0.3) is 5.91 Å². The van der Waals surface area contributed by atoms with E-state index in [0.29, 0.717) is 62.3 Å². The van der Waals surface area contributed by atoms with Gasteiger partial charge in [-0.05, 0) is 52.2 Å². The summed E-state index contributed by atoms with van der Waals surface area (Å²) in [7, 11) is 0. The standard InChI is InChI=1S/C25H38N2O5/c1-4-30-21-17-20(18-22(31-5-2)23(21)32-6-3)25(29)27-14-10-13-26(15-16-27)24(28)19-11-8-7-9-12-19/h17-19H,4-16H2,1-3H3. The van der Waals surface area contributed by atoms with Crippen molar-refractivity contribution in [1.29, 1.82) is 0 Å². The Kier molecular flexibility index (Phi) is 9.06. The van der Waals surface area contributed by atoms with Crippen LogP contribution in [0.3, 0.4) is 0 Å². The van der Waals surface area contributed by atoms with E-state index in [1.165, 1.54) is 6.42 Å². The summed E-state index contributed by atoms with van der Waals surface area (Å²) in [5.74, 6) is 1.95. The van der Waals surface area contributed by atoms with Gasteiger partial charge in [0.2, 0.25) is 11.7 Å². The van der Waals surface area contributed by atoms with Gasteiger partial charge in [-0.15, -0.1) is 0 Å². The van der Waals surface area contributed by atoms with Crippen LogP contribution >= 0.6 is 0 Å². The van der Waals surface area contributed by atoms with Crippen molar-refractivity contribution in [3.63, 3.8) is 0 Å². The van der Waals surface area contributed by atoms with Gasteiger partial charge in [-0.2, -0.15) is 0 Å². The van der Waals surface area contributed by atoms with Crippen LogP contribution in [-0.4, -0.2) is 67.6 Å². The molecule has 3 rings (SSSR count). The highest BCUT2D eigenvalue weighted by Crippen LogP contribution is 2.39. The van der Waals surface area contributed by atoms with Crippen molar-refractivity contribution in [2.45, 2.75) is 59.3 Å². The summed E-state index contributed by atoms with van der Waals surface area (Å²) in [4.78, 5) is 30.2. The lowest BCUT2D eigenvalue weighted by Gasteiger charge is -2.28. The average molecular weight is 447 g/mol. The van der Waals surface area contributed by atoms with Gasteiger partial charge in [-0.3, -0.25) is 9.59 Å². The second kappa shape index (κ2) is 12.0. The Morgan fingerprint density at radius 2 is 1.34 bits per heavy atom. The topological polar surface area (TPSA) is 68.3 Å². The first-order valence-corrected chi connectivity index (χ1v) is 12.2. The Bertz CT molecular complexity index is 749. The normalized spacial score (nSPS) is 17.6. The third-order valence-corrected chi connectivity index (χ3v) is 6.21. The number of amides is 2. The van der Waals surface area contributed by atoms with Crippen LogP contribution in [0.25, 0.3) is 0 Å². The fourth-order valence-electron chi connectivity index (χ4n) is 4.64. The molecule has 1 aromatic carbocycles. The van der Waals surface area contributed by atoms with E-state index in [0.717, 1.165) is 38.6 Å². The highest BCUT2D eigenvalue weighted by atomic mass is 16.5. The van der Waals surface area contributed by atoms with E-state index in [1.807, 2.05) is 30.6 Å². The predicted molar refractivity (Wildman–Crippen MR) is 124 cm³/mol. The molecule has 0 spiro atoms. The minimum absolute atomic E-state index is 0.0677. The van der Waals surface area contributed by atoms with Gasteiger partial charge in [0.15, 0.2) is 11.5 Å². The molecule has 1 aromatic rings. The van der Waals surface area contributed by atoms with E-state index in [9.17, 15) is 9.59 Å². The molecule has 2 aliphatic rings. The van der Waals surface area contributed by atoms with Gasteiger partial charge in [-0.1, -0.05) is 19.3 Å². The van der Waals surface area contributed by atoms with Crippen molar-refractivity contribution in [2.24, 2.45) is 5.92 Å². The second-order valence-electron chi connectivity index (χ2n) is 8.41. The van der Waals surface area contributed by atoms with E-state index < -0.39 is 0 Å². The maximum Gasteiger partial charge on any atom is 0.254 e. The first-order valence-electron chi connectivity index (χ1n) is 12.2. The van der Waals surface area contributed by atoms with Gasteiger partial charge < -0.3 is 24.0 Å². The molecular weight excluding hydrogens is 408 g/mol. The van der Waals surface area contributed by atoms with Gasteiger partial charge in [0.1, 0.15) is 0 Å². The first-order chi connectivity index (χ1) is 15.6. The molecular formula is C25H38N2O5. The average Bonchev–Trinajstić information content (AvgIpc) is 3.07. The third kappa shape index (κ3) is 5.87. The number of rotatable bonds is 8. The van der Waals surface area contributed by atoms with Crippen LogP contribution in [0.2, 0.25) is 0 Å². The zero-order chi connectivity index (χ0) is 22.9. The van der Waals surface area contributed by atoms with E-state index in [1.54, 1.807) is 12.1 Å². The van der Waals surface area contributed by atoms with Crippen LogP contribution in [0, 0.1) is 5.92 Å². The maximum atomic E-state index is 13.4. The molecule has 1 heterocycles. The van der Waals surface area contributed by atoms with Crippen LogP contribution in [0.5, 0.6) is 17.2 Å². The van der Waals surface area contributed by atoms with E-state index in [2.05, 4.69) is 0 Å². The summed E-state index contributed by atoms with van der Waals surface area (Å²) in [5, 5.41) is 0. The number of hydrogen-bond donors (Lipinski definition) is 0. The number of carbonyl (C=O) groups excluding carboxylic acids is 2. The first kappa shape index (κ1) is 24.2. The number of benzene rings is 1. The largest absolute Gasteiger partial charge is 0.490 e. The molecule has 1 saturated heterocycles. The fraction of sp³-hybridized carbons (Fsp3) is 0.680. The molecule has 32 heavy (non-hydrogen) atoms. The predicted octanol–water partition coefficient (Wildman–Crippen LogP) is 4.14. The lowest BCUT2D eigenvalue weighted by molar-refractivity contribution is -0.136. The molecule has 2 amide bonds. The zero-order valence-corrected chi connectivity index (χ0v) is 19.9. The molecule has 2 fully saturated rings. The van der Waals surface area contributed by atoms with Crippen molar-refractivity contribution < 1.29 is 23.8 Å². The number of carbonyl (C=O) groups is 2. The van der Waals surface area contributed by atoms with Crippen molar-refractivity contribution in [2.75, 3.05) is 46.0 Å². The fourth-order valence-corrected chi connectivity index (χ4v) is 4.64. The van der Waals surface area contributed by atoms with Gasteiger partial charge in [0, 0.05) is 37.7 Å². The molecule has 0 radical (unpaired) electrons.